The molecular weight excluding hydrogens is 500 g/mol. The SMILES string of the molecule is O=C(C1CC1)N1CCN(c2cnn(-c3ccc(Cl)cc3)c(=O)c2Oc2ccc(-c3ccccc3)cc2)CC1. The van der Waals surface area contributed by atoms with E-state index in [2.05, 4.69) is 22.1 Å². The van der Waals surface area contributed by atoms with Crippen molar-refractivity contribution in [3.05, 3.63) is 100 Å². The fourth-order valence-corrected chi connectivity index (χ4v) is 4.86. The van der Waals surface area contributed by atoms with Gasteiger partial charge < -0.3 is 14.5 Å². The smallest absolute Gasteiger partial charge is 0.316 e. The van der Waals surface area contributed by atoms with Crippen LogP contribution < -0.4 is 15.2 Å². The van der Waals surface area contributed by atoms with Crippen molar-refractivity contribution in [3.8, 4) is 28.3 Å². The highest BCUT2D eigenvalue weighted by atomic mass is 35.5. The molecule has 192 valence electrons. The zero-order valence-corrected chi connectivity index (χ0v) is 21.6. The Morgan fingerprint density at radius 3 is 2.16 bits per heavy atom. The van der Waals surface area contributed by atoms with Crippen LogP contribution in [0.5, 0.6) is 11.5 Å². The van der Waals surface area contributed by atoms with Gasteiger partial charge in [-0.2, -0.15) is 9.78 Å². The Morgan fingerprint density at radius 2 is 1.50 bits per heavy atom. The summed E-state index contributed by atoms with van der Waals surface area (Å²) < 4.78 is 7.59. The van der Waals surface area contributed by atoms with Gasteiger partial charge in [0.05, 0.1) is 11.9 Å². The number of halogens is 1. The Bertz CT molecular complexity index is 1490. The van der Waals surface area contributed by atoms with Crippen molar-refractivity contribution in [2.45, 2.75) is 12.8 Å². The molecule has 1 aliphatic heterocycles. The van der Waals surface area contributed by atoms with E-state index in [1.807, 2.05) is 47.4 Å². The molecule has 1 saturated heterocycles. The molecule has 0 unspecified atom stereocenters. The Kier molecular flexibility index (Phi) is 6.60. The first-order chi connectivity index (χ1) is 18.6. The number of rotatable bonds is 6. The average Bonchev–Trinajstić information content (AvgIpc) is 3.81. The predicted molar refractivity (Wildman–Crippen MR) is 148 cm³/mol. The zero-order chi connectivity index (χ0) is 26.1. The van der Waals surface area contributed by atoms with Crippen molar-refractivity contribution in [2.24, 2.45) is 5.92 Å². The molecule has 2 aliphatic rings. The molecule has 1 amide bonds. The number of aromatic nitrogens is 2. The minimum atomic E-state index is -0.367. The third-order valence-corrected chi connectivity index (χ3v) is 7.28. The van der Waals surface area contributed by atoms with Crippen LogP contribution in [0, 0.1) is 5.92 Å². The molecule has 0 spiro atoms. The van der Waals surface area contributed by atoms with E-state index in [1.165, 1.54) is 4.68 Å². The third kappa shape index (κ3) is 5.02. The lowest BCUT2D eigenvalue weighted by Gasteiger charge is -2.36. The maximum Gasteiger partial charge on any atom is 0.316 e. The van der Waals surface area contributed by atoms with Crippen LogP contribution in [0.1, 0.15) is 12.8 Å². The Hall–Kier alpha value is -4.10. The molecule has 7 nitrogen and oxygen atoms in total. The molecule has 8 heteroatoms. The third-order valence-electron chi connectivity index (χ3n) is 7.03. The van der Waals surface area contributed by atoms with Gasteiger partial charge in [0, 0.05) is 37.1 Å². The summed E-state index contributed by atoms with van der Waals surface area (Å²) in [7, 11) is 0. The number of ether oxygens (including phenoxy) is 1. The van der Waals surface area contributed by atoms with E-state index < -0.39 is 0 Å². The molecule has 6 rings (SSSR count). The van der Waals surface area contributed by atoms with Gasteiger partial charge in [-0.1, -0.05) is 54.1 Å². The van der Waals surface area contributed by atoms with Crippen LogP contribution in [0.25, 0.3) is 16.8 Å². The number of carbonyl (C=O) groups is 1. The average molecular weight is 527 g/mol. The summed E-state index contributed by atoms with van der Waals surface area (Å²) in [5.74, 6) is 1.20. The highest BCUT2D eigenvalue weighted by Crippen LogP contribution is 2.33. The van der Waals surface area contributed by atoms with Crippen molar-refractivity contribution < 1.29 is 9.53 Å². The second-order valence-electron chi connectivity index (χ2n) is 9.63. The molecule has 1 saturated carbocycles. The standard InChI is InChI=1S/C30H27ClN4O3/c31-24-10-12-25(13-11-24)35-30(37)28(38-26-14-8-22(9-15-26)21-4-2-1-3-5-21)27(20-32-35)33-16-18-34(19-17-33)29(36)23-6-7-23/h1-5,8-15,20,23H,6-7,16-19H2. The lowest BCUT2D eigenvalue weighted by atomic mass is 10.1. The highest BCUT2D eigenvalue weighted by Gasteiger charge is 2.35. The van der Waals surface area contributed by atoms with Gasteiger partial charge in [-0.3, -0.25) is 9.59 Å². The second kappa shape index (κ2) is 10.3. The van der Waals surface area contributed by atoms with Crippen LogP contribution in [0.3, 0.4) is 0 Å². The first kappa shape index (κ1) is 24.2. The summed E-state index contributed by atoms with van der Waals surface area (Å²) in [4.78, 5) is 30.3. The molecule has 0 bridgehead atoms. The number of nitrogens with zero attached hydrogens (tertiary/aromatic N) is 4. The van der Waals surface area contributed by atoms with E-state index >= 15 is 0 Å². The number of hydrogen-bond acceptors (Lipinski definition) is 5. The maximum absolute atomic E-state index is 13.7. The van der Waals surface area contributed by atoms with Crippen LogP contribution in [0.4, 0.5) is 5.69 Å². The van der Waals surface area contributed by atoms with Crippen molar-refractivity contribution in [2.75, 3.05) is 31.1 Å². The van der Waals surface area contributed by atoms with Crippen LogP contribution >= 0.6 is 11.6 Å². The van der Waals surface area contributed by atoms with Gasteiger partial charge in [0.2, 0.25) is 11.7 Å². The fraction of sp³-hybridized carbons (Fsp3) is 0.233. The lowest BCUT2D eigenvalue weighted by Crippen LogP contribution is -2.49. The quantitative estimate of drug-likeness (QED) is 0.336. The molecule has 1 aliphatic carbocycles. The van der Waals surface area contributed by atoms with Gasteiger partial charge in [-0.25, -0.2) is 0 Å². The van der Waals surface area contributed by atoms with Crippen LogP contribution in [-0.4, -0.2) is 46.8 Å². The van der Waals surface area contributed by atoms with Gasteiger partial charge in [0.15, 0.2) is 0 Å². The number of anilines is 1. The monoisotopic (exact) mass is 526 g/mol. The van der Waals surface area contributed by atoms with Crippen LogP contribution in [0.15, 0.2) is 89.9 Å². The molecule has 4 aromatic rings. The number of amides is 1. The van der Waals surface area contributed by atoms with Crippen molar-refractivity contribution in [3.63, 3.8) is 0 Å². The van der Waals surface area contributed by atoms with Crippen LogP contribution in [0.2, 0.25) is 5.02 Å². The highest BCUT2D eigenvalue weighted by molar-refractivity contribution is 6.30. The number of carbonyl (C=O) groups excluding carboxylic acids is 1. The minimum Gasteiger partial charge on any atom is -0.449 e. The van der Waals surface area contributed by atoms with E-state index in [-0.39, 0.29) is 23.1 Å². The van der Waals surface area contributed by atoms with E-state index in [4.69, 9.17) is 16.3 Å². The summed E-state index contributed by atoms with van der Waals surface area (Å²) in [6, 6.07) is 24.7. The van der Waals surface area contributed by atoms with Gasteiger partial charge in [-0.05, 0) is 60.4 Å². The molecule has 1 aromatic heterocycles. The van der Waals surface area contributed by atoms with E-state index in [0.717, 1.165) is 24.0 Å². The first-order valence-electron chi connectivity index (χ1n) is 12.8. The van der Waals surface area contributed by atoms with Crippen molar-refractivity contribution in [1.29, 1.82) is 0 Å². The molecule has 2 fully saturated rings. The van der Waals surface area contributed by atoms with Crippen LogP contribution in [-0.2, 0) is 4.79 Å². The fourth-order valence-electron chi connectivity index (χ4n) is 4.74. The normalized spacial score (nSPS) is 15.4. The van der Waals surface area contributed by atoms with Gasteiger partial charge in [0.1, 0.15) is 11.4 Å². The van der Waals surface area contributed by atoms with Crippen molar-refractivity contribution >= 4 is 23.2 Å². The molecule has 0 radical (unpaired) electrons. The molecule has 38 heavy (non-hydrogen) atoms. The summed E-state index contributed by atoms with van der Waals surface area (Å²) in [5.41, 5.74) is 3.00. The lowest BCUT2D eigenvalue weighted by molar-refractivity contribution is -0.132. The van der Waals surface area contributed by atoms with E-state index in [9.17, 15) is 9.59 Å². The van der Waals surface area contributed by atoms with E-state index in [1.54, 1.807) is 30.5 Å². The minimum absolute atomic E-state index is 0.198. The van der Waals surface area contributed by atoms with E-state index in [0.29, 0.717) is 48.3 Å². The Balaban J connectivity index is 1.31. The Labute approximate surface area is 225 Å². The maximum atomic E-state index is 13.7. The molecule has 2 heterocycles. The Morgan fingerprint density at radius 1 is 0.842 bits per heavy atom. The molecule has 0 N–H and O–H groups in total. The summed E-state index contributed by atoms with van der Waals surface area (Å²) in [6.07, 6.45) is 3.65. The summed E-state index contributed by atoms with van der Waals surface area (Å²) in [6.45, 7) is 2.43. The number of piperazine rings is 1. The molecular formula is C30H27ClN4O3. The van der Waals surface area contributed by atoms with Gasteiger partial charge in [-0.15, -0.1) is 0 Å². The molecule has 0 atom stereocenters. The zero-order valence-electron chi connectivity index (χ0n) is 20.8. The largest absolute Gasteiger partial charge is 0.449 e. The molecule has 3 aromatic carbocycles. The second-order valence-corrected chi connectivity index (χ2v) is 10.1. The van der Waals surface area contributed by atoms with Crippen molar-refractivity contribution in [1.82, 2.24) is 14.7 Å². The predicted octanol–water partition coefficient (Wildman–Crippen LogP) is 5.40. The van der Waals surface area contributed by atoms with Gasteiger partial charge >= 0.3 is 5.56 Å². The topological polar surface area (TPSA) is 67.7 Å². The number of hydrogen-bond donors (Lipinski definition) is 0. The number of benzene rings is 3. The summed E-state index contributed by atoms with van der Waals surface area (Å²) in [5, 5.41) is 5.04. The summed E-state index contributed by atoms with van der Waals surface area (Å²) >= 11 is 6.05. The first-order valence-corrected chi connectivity index (χ1v) is 13.2. The van der Waals surface area contributed by atoms with Gasteiger partial charge in [0.25, 0.3) is 0 Å².